The summed E-state index contributed by atoms with van der Waals surface area (Å²) >= 11 is 0. The minimum Gasteiger partial charge on any atom is -0.480 e. The number of benzene rings is 1. The standard InChI is InChI=1S/C14H15NO5/c1-2-8(16)7-11(14(19)20)15-12(17)9-5-3-4-6-10(9)13(15)18/h3-6,8,11,16H,2,7H2,1H3,(H,19,20). The molecule has 0 aromatic heterocycles. The van der Waals surface area contributed by atoms with Gasteiger partial charge in [-0.15, -0.1) is 0 Å². The zero-order valence-electron chi connectivity index (χ0n) is 10.9. The number of carboxylic acids is 1. The van der Waals surface area contributed by atoms with Gasteiger partial charge in [-0.25, -0.2) is 4.79 Å². The Balaban J connectivity index is 2.35. The van der Waals surface area contributed by atoms with Gasteiger partial charge in [0.1, 0.15) is 6.04 Å². The summed E-state index contributed by atoms with van der Waals surface area (Å²) in [6.45, 7) is 1.70. The molecule has 1 aromatic rings. The van der Waals surface area contributed by atoms with E-state index in [9.17, 15) is 24.6 Å². The summed E-state index contributed by atoms with van der Waals surface area (Å²) in [6.07, 6.45) is -0.690. The molecule has 0 spiro atoms. The average molecular weight is 277 g/mol. The Morgan fingerprint density at radius 3 is 2.10 bits per heavy atom. The Bertz CT molecular complexity index is 533. The Hall–Kier alpha value is -2.21. The number of imide groups is 1. The fraction of sp³-hybridized carbons (Fsp3) is 0.357. The van der Waals surface area contributed by atoms with Gasteiger partial charge in [0.05, 0.1) is 17.2 Å². The van der Waals surface area contributed by atoms with Gasteiger partial charge < -0.3 is 10.2 Å². The maximum Gasteiger partial charge on any atom is 0.327 e. The first-order valence-electron chi connectivity index (χ1n) is 6.35. The van der Waals surface area contributed by atoms with E-state index in [1.54, 1.807) is 19.1 Å². The second-order valence-corrected chi connectivity index (χ2v) is 4.68. The van der Waals surface area contributed by atoms with Crippen molar-refractivity contribution in [2.45, 2.75) is 31.9 Å². The molecule has 1 aliphatic rings. The molecule has 6 heteroatoms. The van der Waals surface area contributed by atoms with Crippen LogP contribution in [0.3, 0.4) is 0 Å². The number of fused-ring (bicyclic) bond motifs is 1. The van der Waals surface area contributed by atoms with Crippen LogP contribution in [-0.2, 0) is 4.79 Å². The number of carboxylic acid groups (broad SMARTS) is 1. The molecule has 0 bridgehead atoms. The minimum absolute atomic E-state index is 0.169. The third-order valence-electron chi connectivity index (χ3n) is 3.39. The van der Waals surface area contributed by atoms with Crippen molar-refractivity contribution in [1.82, 2.24) is 4.90 Å². The maximum atomic E-state index is 12.2. The van der Waals surface area contributed by atoms with Gasteiger partial charge in [0.2, 0.25) is 0 Å². The largest absolute Gasteiger partial charge is 0.480 e. The number of nitrogens with zero attached hydrogens (tertiary/aromatic N) is 1. The lowest BCUT2D eigenvalue weighted by molar-refractivity contribution is -0.142. The molecule has 20 heavy (non-hydrogen) atoms. The van der Waals surface area contributed by atoms with Crippen molar-refractivity contribution in [1.29, 1.82) is 0 Å². The zero-order chi connectivity index (χ0) is 14.9. The van der Waals surface area contributed by atoms with Crippen molar-refractivity contribution in [3.8, 4) is 0 Å². The van der Waals surface area contributed by atoms with Crippen LogP contribution in [0.1, 0.15) is 40.5 Å². The summed E-state index contributed by atoms with van der Waals surface area (Å²) in [6, 6.07) is 4.86. The lowest BCUT2D eigenvalue weighted by Gasteiger charge is -2.24. The van der Waals surface area contributed by atoms with Crippen LogP contribution in [0.15, 0.2) is 24.3 Å². The highest BCUT2D eigenvalue weighted by Gasteiger charge is 2.43. The number of aliphatic hydroxyl groups is 1. The topological polar surface area (TPSA) is 94.9 Å². The number of carbonyl (C=O) groups excluding carboxylic acids is 2. The number of amides is 2. The molecule has 6 nitrogen and oxygen atoms in total. The molecule has 106 valence electrons. The summed E-state index contributed by atoms with van der Waals surface area (Å²) in [5, 5.41) is 18.8. The molecule has 0 radical (unpaired) electrons. The molecule has 0 aliphatic carbocycles. The van der Waals surface area contributed by atoms with Crippen molar-refractivity contribution >= 4 is 17.8 Å². The highest BCUT2D eigenvalue weighted by atomic mass is 16.4. The number of hydrogen-bond donors (Lipinski definition) is 2. The first-order chi connectivity index (χ1) is 9.47. The van der Waals surface area contributed by atoms with Crippen molar-refractivity contribution < 1.29 is 24.6 Å². The summed E-state index contributed by atoms with van der Waals surface area (Å²) in [5.41, 5.74) is 0.407. The summed E-state index contributed by atoms with van der Waals surface area (Å²) in [7, 11) is 0. The fourth-order valence-electron chi connectivity index (χ4n) is 2.23. The molecular formula is C14H15NO5. The van der Waals surface area contributed by atoms with Crippen molar-refractivity contribution in [3.63, 3.8) is 0 Å². The quantitative estimate of drug-likeness (QED) is 0.780. The predicted molar refractivity (Wildman–Crippen MR) is 69.3 cm³/mol. The normalized spacial score (nSPS) is 17.0. The molecule has 1 aromatic carbocycles. The number of aliphatic carboxylic acids is 1. The first-order valence-corrected chi connectivity index (χ1v) is 6.35. The predicted octanol–water partition coefficient (Wildman–Crippen LogP) is 0.897. The van der Waals surface area contributed by atoms with Gasteiger partial charge in [-0.3, -0.25) is 14.5 Å². The Labute approximate surface area is 115 Å². The van der Waals surface area contributed by atoms with E-state index in [0.717, 1.165) is 4.90 Å². The van der Waals surface area contributed by atoms with E-state index in [1.165, 1.54) is 12.1 Å². The molecule has 1 heterocycles. The molecule has 2 unspecified atom stereocenters. The van der Waals surface area contributed by atoms with Crippen molar-refractivity contribution in [2.24, 2.45) is 0 Å². The van der Waals surface area contributed by atoms with Crippen LogP contribution in [0.2, 0.25) is 0 Å². The van der Waals surface area contributed by atoms with Crippen LogP contribution in [0.5, 0.6) is 0 Å². The van der Waals surface area contributed by atoms with Crippen LogP contribution in [0.25, 0.3) is 0 Å². The molecule has 2 rings (SSSR count). The zero-order valence-corrected chi connectivity index (χ0v) is 10.9. The van der Waals surface area contributed by atoms with Gasteiger partial charge in [-0.1, -0.05) is 19.1 Å². The second-order valence-electron chi connectivity index (χ2n) is 4.68. The van der Waals surface area contributed by atoms with E-state index in [1.807, 2.05) is 0 Å². The smallest absolute Gasteiger partial charge is 0.327 e. The van der Waals surface area contributed by atoms with Crippen LogP contribution in [-0.4, -0.2) is 45.0 Å². The number of carbonyl (C=O) groups is 3. The molecule has 2 amide bonds. The van der Waals surface area contributed by atoms with E-state index in [-0.39, 0.29) is 17.5 Å². The maximum absolute atomic E-state index is 12.2. The lowest BCUT2D eigenvalue weighted by atomic mass is 10.1. The van der Waals surface area contributed by atoms with Crippen molar-refractivity contribution in [2.75, 3.05) is 0 Å². The molecule has 0 saturated heterocycles. The summed E-state index contributed by atoms with van der Waals surface area (Å²) in [5.74, 6) is -2.55. The highest BCUT2D eigenvalue weighted by molar-refractivity contribution is 6.22. The number of aliphatic hydroxyl groups excluding tert-OH is 1. The van der Waals surface area contributed by atoms with Gasteiger partial charge in [0, 0.05) is 6.42 Å². The van der Waals surface area contributed by atoms with E-state index in [2.05, 4.69) is 0 Å². The molecule has 0 saturated carbocycles. The van der Waals surface area contributed by atoms with Crippen LogP contribution < -0.4 is 0 Å². The SMILES string of the molecule is CCC(O)CC(C(=O)O)N1C(=O)c2ccccc2C1=O. The number of hydrogen-bond acceptors (Lipinski definition) is 4. The van der Waals surface area contributed by atoms with Crippen LogP contribution >= 0.6 is 0 Å². The van der Waals surface area contributed by atoms with Crippen LogP contribution in [0.4, 0.5) is 0 Å². The van der Waals surface area contributed by atoms with E-state index in [4.69, 9.17) is 0 Å². The monoisotopic (exact) mass is 277 g/mol. The Morgan fingerprint density at radius 2 is 1.70 bits per heavy atom. The number of rotatable bonds is 5. The third kappa shape index (κ3) is 2.30. The Morgan fingerprint density at radius 1 is 1.20 bits per heavy atom. The molecular weight excluding hydrogens is 262 g/mol. The minimum atomic E-state index is -1.35. The molecule has 2 atom stereocenters. The van der Waals surface area contributed by atoms with E-state index < -0.39 is 29.9 Å². The summed E-state index contributed by atoms with van der Waals surface area (Å²) < 4.78 is 0. The van der Waals surface area contributed by atoms with E-state index >= 15 is 0 Å². The molecule has 2 N–H and O–H groups in total. The van der Waals surface area contributed by atoms with Crippen molar-refractivity contribution in [3.05, 3.63) is 35.4 Å². The van der Waals surface area contributed by atoms with Gasteiger partial charge >= 0.3 is 5.97 Å². The van der Waals surface area contributed by atoms with Gasteiger partial charge in [-0.05, 0) is 18.6 Å². The summed E-state index contributed by atoms with van der Waals surface area (Å²) in [4.78, 5) is 36.4. The first kappa shape index (κ1) is 14.2. The molecule has 1 aliphatic heterocycles. The van der Waals surface area contributed by atoms with Crippen LogP contribution in [0, 0.1) is 0 Å². The third-order valence-corrected chi connectivity index (χ3v) is 3.39. The fourth-order valence-corrected chi connectivity index (χ4v) is 2.23. The second kappa shape index (κ2) is 5.42. The van der Waals surface area contributed by atoms with Gasteiger partial charge in [0.15, 0.2) is 0 Å². The lowest BCUT2D eigenvalue weighted by Crippen LogP contribution is -2.46. The highest BCUT2D eigenvalue weighted by Crippen LogP contribution is 2.26. The molecule has 0 fully saturated rings. The average Bonchev–Trinajstić information content (AvgIpc) is 2.69. The van der Waals surface area contributed by atoms with E-state index in [0.29, 0.717) is 6.42 Å². The Kier molecular flexibility index (Phi) is 3.85. The van der Waals surface area contributed by atoms with Gasteiger partial charge in [0.25, 0.3) is 11.8 Å². The van der Waals surface area contributed by atoms with Gasteiger partial charge in [-0.2, -0.15) is 0 Å².